The van der Waals surface area contributed by atoms with E-state index in [2.05, 4.69) is 10.2 Å². The first-order chi connectivity index (χ1) is 5.75. The second-order valence-electron chi connectivity index (χ2n) is 2.97. The van der Waals surface area contributed by atoms with Gasteiger partial charge in [-0.3, -0.25) is 0 Å². The molecule has 1 aromatic heterocycles. The van der Waals surface area contributed by atoms with Crippen molar-refractivity contribution in [2.45, 2.75) is 25.4 Å². The summed E-state index contributed by atoms with van der Waals surface area (Å²) in [5.41, 5.74) is 0. The Morgan fingerprint density at radius 2 is 2.33 bits per heavy atom. The highest BCUT2D eigenvalue weighted by Gasteiger charge is 2.27. The molecule has 2 unspecified atom stereocenters. The molecule has 5 heteroatoms. The van der Waals surface area contributed by atoms with Gasteiger partial charge in [-0.15, -0.1) is 5.10 Å². The number of halogens is 1. The van der Waals surface area contributed by atoms with Crippen LogP contribution in [0.4, 0.5) is 0 Å². The van der Waals surface area contributed by atoms with Crippen LogP contribution in [0.25, 0.3) is 0 Å². The lowest BCUT2D eigenvalue weighted by Gasteiger charge is -1.98. The molecular formula is C7H9ClN2O2. The van der Waals surface area contributed by atoms with Gasteiger partial charge in [-0.2, -0.15) is 0 Å². The average molecular weight is 189 g/mol. The van der Waals surface area contributed by atoms with Gasteiger partial charge in [-0.05, 0) is 24.9 Å². The molecule has 0 bridgehead atoms. The van der Waals surface area contributed by atoms with Crippen molar-refractivity contribution in [1.82, 2.24) is 10.2 Å². The molecule has 0 N–H and O–H groups in total. The van der Waals surface area contributed by atoms with Crippen LogP contribution in [0.15, 0.2) is 4.42 Å². The van der Waals surface area contributed by atoms with E-state index >= 15 is 0 Å². The Labute approximate surface area is 74.9 Å². The third kappa shape index (κ3) is 1.44. The fraction of sp³-hybridized carbons (Fsp3) is 0.714. The lowest BCUT2D eigenvalue weighted by Crippen LogP contribution is -1.98. The molecule has 0 saturated carbocycles. The number of rotatable bonds is 1. The second-order valence-corrected chi connectivity index (χ2v) is 3.29. The van der Waals surface area contributed by atoms with Crippen molar-refractivity contribution in [3.05, 3.63) is 11.2 Å². The number of ether oxygens (including phenoxy) is 1. The molecule has 1 aliphatic rings. The number of aromatic nitrogens is 2. The monoisotopic (exact) mass is 188 g/mol. The topological polar surface area (TPSA) is 48.2 Å². The molecular weight excluding hydrogens is 180 g/mol. The summed E-state index contributed by atoms with van der Waals surface area (Å²) in [5, 5.41) is 7.48. The van der Waals surface area contributed by atoms with Gasteiger partial charge in [-0.1, -0.05) is 5.10 Å². The minimum atomic E-state index is 0.101. The molecule has 0 aliphatic carbocycles. The molecule has 0 spiro atoms. The van der Waals surface area contributed by atoms with Crippen molar-refractivity contribution in [1.29, 1.82) is 0 Å². The van der Waals surface area contributed by atoms with Gasteiger partial charge in [0.05, 0.1) is 18.6 Å². The normalized spacial score (nSPS) is 29.5. The smallest absolute Gasteiger partial charge is 0.312 e. The van der Waals surface area contributed by atoms with E-state index in [1.54, 1.807) is 0 Å². The van der Waals surface area contributed by atoms with Crippen molar-refractivity contribution in [2.24, 2.45) is 0 Å². The Morgan fingerprint density at radius 1 is 1.50 bits per heavy atom. The Kier molecular flexibility index (Phi) is 2.02. The summed E-state index contributed by atoms with van der Waals surface area (Å²) in [4.78, 5) is 0. The van der Waals surface area contributed by atoms with Gasteiger partial charge in [-0.25, -0.2) is 0 Å². The molecule has 1 aliphatic heterocycles. The Hall–Kier alpha value is -0.610. The van der Waals surface area contributed by atoms with E-state index in [1.165, 1.54) is 0 Å². The molecule has 2 rings (SSSR count). The van der Waals surface area contributed by atoms with Crippen LogP contribution in [0.1, 0.15) is 25.2 Å². The Balaban J connectivity index is 2.11. The molecule has 0 radical (unpaired) electrons. The maximum Gasteiger partial charge on any atom is 0.312 e. The molecule has 2 heterocycles. The largest absolute Gasteiger partial charge is 0.412 e. The highest BCUT2D eigenvalue weighted by atomic mass is 35.5. The van der Waals surface area contributed by atoms with Crippen molar-refractivity contribution < 1.29 is 9.15 Å². The number of hydrogen-bond acceptors (Lipinski definition) is 4. The fourth-order valence-electron chi connectivity index (χ4n) is 1.37. The maximum absolute atomic E-state index is 5.49. The lowest BCUT2D eigenvalue weighted by molar-refractivity contribution is 0.122. The molecule has 0 aromatic carbocycles. The van der Waals surface area contributed by atoms with Crippen LogP contribution in [0.2, 0.25) is 5.35 Å². The van der Waals surface area contributed by atoms with E-state index in [9.17, 15) is 0 Å². The third-order valence-corrected chi connectivity index (χ3v) is 2.12. The van der Waals surface area contributed by atoms with Crippen LogP contribution in [-0.4, -0.2) is 22.9 Å². The van der Waals surface area contributed by atoms with Crippen LogP contribution in [-0.2, 0) is 4.74 Å². The predicted octanol–water partition coefficient (Wildman–Crippen LogP) is 1.62. The summed E-state index contributed by atoms with van der Waals surface area (Å²) in [6.45, 7) is 2.68. The number of nitrogens with zero attached hydrogens (tertiary/aromatic N) is 2. The fourth-order valence-corrected chi connectivity index (χ4v) is 1.49. The minimum absolute atomic E-state index is 0.101. The second kappa shape index (κ2) is 3.03. The molecule has 12 heavy (non-hydrogen) atoms. The lowest BCUT2D eigenvalue weighted by atomic mass is 10.1. The van der Waals surface area contributed by atoms with Gasteiger partial charge in [0.25, 0.3) is 0 Å². The van der Waals surface area contributed by atoms with Gasteiger partial charge in [0.1, 0.15) is 0 Å². The third-order valence-electron chi connectivity index (χ3n) is 1.96. The zero-order valence-corrected chi connectivity index (χ0v) is 7.41. The SMILES string of the molecule is CC1CC(c2nnc(Cl)o2)CO1. The van der Waals surface area contributed by atoms with Gasteiger partial charge < -0.3 is 9.15 Å². The maximum atomic E-state index is 5.49. The van der Waals surface area contributed by atoms with Crippen molar-refractivity contribution >= 4 is 11.6 Å². The molecule has 1 saturated heterocycles. The van der Waals surface area contributed by atoms with Crippen molar-refractivity contribution in [3.63, 3.8) is 0 Å². The number of hydrogen-bond donors (Lipinski definition) is 0. The summed E-state index contributed by atoms with van der Waals surface area (Å²) in [6, 6.07) is 0. The van der Waals surface area contributed by atoms with Crippen LogP contribution >= 0.6 is 11.6 Å². The van der Waals surface area contributed by atoms with E-state index in [0.29, 0.717) is 12.5 Å². The Bertz CT molecular complexity index is 276. The zero-order chi connectivity index (χ0) is 8.55. The summed E-state index contributed by atoms with van der Waals surface area (Å²) in [5.74, 6) is 0.810. The molecule has 66 valence electrons. The first kappa shape index (κ1) is 8.01. The van der Waals surface area contributed by atoms with Crippen LogP contribution in [0.5, 0.6) is 0 Å². The predicted molar refractivity (Wildman–Crippen MR) is 42.1 cm³/mol. The van der Waals surface area contributed by atoms with Gasteiger partial charge in [0, 0.05) is 0 Å². The van der Waals surface area contributed by atoms with Crippen LogP contribution < -0.4 is 0 Å². The van der Waals surface area contributed by atoms with E-state index in [1.807, 2.05) is 6.92 Å². The van der Waals surface area contributed by atoms with E-state index in [4.69, 9.17) is 20.8 Å². The highest BCUT2D eigenvalue weighted by Crippen LogP contribution is 2.28. The van der Waals surface area contributed by atoms with Crippen LogP contribution in [0.3, 0.4) is 0 Å². The summed E-state index contributed by atoms with van der Waals surface area (Å²) >= 11 is 5.49. The summed E-state index contributed by atoms with van der Waals surface area (Å²) < 4.78 is 10.4. The molecule has 1 aromatic rings. The Morgan fingerprint density at radius 3 is 2.83 bits per heavy atom. The zero-order valence-electron chi connectivity index (χ0n) is 6.66. The summed E-state index contributed by atoms with van der Waals surface area (Å²) in [7, 11) is 0. The van der Waals surface area contributed by atoms with E-state index in [-0.39, 0.29) is 17.4 Å². The van der Waals surface area contributed by atoms with E-state index < -0.39 is 0 Å². The van der Waals surface area contributed by atoms with E-state index in [0.717, 1.165) is 6.42 Å². The molecule has 0 amide bonds. The minimum Gasteiger partial charge on any atom is -0.412 e. The quantitative estimate of drug-likeness (QED) is 0.672. The van der Waals surface area contributed by atoms with Gasteiger partial charge in [0.2, 0.25) is 5.89 Å². The summed E-state index contributed by atoms with van der Waals surface area (Å²) in [6.07, 6.45) is 1.21. The van der Waals surface area contributed by atoms with Crippen LogP contribution in [0, 0.1) is 0 Å². The molecule has 2 atom stereocenters. The standard InChI is InChI=1S/C7H9ClN2O2/c1-4-2-5(3-11-4)6-9-10-7(8)12-6/h4-5H,2-3H2,1H3. The molecule has 4 nitrogen and oxygen atoms in total. The molecule has 1 fully saturated rings. The van der Waals surface area contributed by atoms with Gasteiger partial charge in [0.15, 0.2) is 0 Å². The van der Waals surface area contributed by atoms with Crippen molar-refractivity contribution in [3.8, 4) is 0 Å². The van der Waals surface area contributed by atoms with Gasteiger partial charge >= 0.3 is 5.35 Å². The van der Waals surface area contributed by atoms with Crippen molar-refractivity contribution in [2.75, 3.05) is 6.61 Å². The average Bonchev–Trinajstić information content (AvgIpc) is 2.58. The first-order valence-corrected chi connectivity index (χ1v) is 4.24. The first-order valence-electron chi connectivity index (χ1n) is 3.86. The highest BCUT2D eigenvalue weighted by molar-refractivity contribution is 6.27.